The maximum absolute atomic E-state index is 12.2. The Kier molecular flexibility index (Phi) is 4.18. The summed E-state index contributed by atoms with van der Waals surface area (Å²) in [5.74, 6) is 0.270. The van der Waals surface area contributed by atoms with E-state index in [1.807, 2.05) is 0 Å². The summed E-state index contributed by atoms with van der Waals surface area (Å²) < 4.78 is 7.06. The molecule has 1 aliphatic carbocycles. The van der Waals surface area contributed by atoms with Gasteiger partial charge in [0.2, 0.25) is 11.1 Å². The maximum Gasteiger partial charge on any atom is 0.233 e. The highest BCUT2D eigenvalue weighted by molar-refractivity contribution is 7.99. The fourth-order valence-corrected chi connectivity index (χ4v) is 3.00. The van der Waals surface area contributed by atoms with E-state index in [-0.39, 0.29) is 24.3 Å². The predicted molar refractivity (Wildman–Crippen MR) is 70.2 cm³/mol. The number of aliphatic hydroxyl groups is 1. The largest absolute Gasteiger partial charge is 0.394 e. The molecule has 0 bridgehead atoms. The molecule has 1 aromatic rings. The van der Waals surface area contributed by atoms with Gasteiger partial charge in [0.15, 0.2) is 0 Å². The summed E-state index contributed by atoms with van der Waals surface area (Å²) in [4.78, 5) is 13.9. The van der Waals surface area contributed by atoms with E-state index in [1.165, 1.54) is 11.8 Å². The number of carbonyl (C=O) groups excluding carboxylic acids is 1. The van der Waals surface area contributed by atoms with Gasteiger partial charge in [-0.05, 0) is 23.3 Å². The topological polar surface area (TPSA) is 93.4 Å². The minimum atomic E-state index is -0.240. The molecule has 2 aliphatic rings. The molecule has 1 atom stereocenters. The quantitative estimate of drug-likeness (QED) is 0.720. The van der Waals surface area contributed by atoms with E-state index in [0.29, 0.717) is 31.0 Å². The first-order chi connectivity index (χ1) is 9.79. The summed E-state index contributed by atoms with van der Waals surface area (Å²) in [6, 6.07) is 0.160. The van der Waals surface area contributed by atoms with E-state index >= 15 is 0 Å². The number of aliphatic hydroxyl groups excluding tert-OH is 1. The number of ether oxygens (including phenoxy) is 1. The van der Waals surface area contributed by atoms with E-state index in [1.54, 1.807) is 9.58 Å². The molecular formula is C11H17N5O3S. The van der Waals surface area contributed by atoms with Crippen LogP contribution in [0.3, 0.4) is 0 Å². The third kappa shape index (κ3) is 2.94. The Morgan fingerprint density at radius 1 is 1.50 bits per heavy atom. The van der Waals surface area contributed by atoms with Crippen molar-refractivity contribution >= 4 is 17.7 Å². The van der Waals surface area contributed by atoms with Crippen LogP contribution in [0.15, 0.2) is 5.16 Å². The molecule has 110 valence electrons. The van der Waals surface area contributed by atoms with Crippen LogP contribution in [0.25, 0.3) is 0 Å². The molecule has 1 aromatic heterocycles. The fourth-order valence-electron chi connectivity index (χ4n) is 2.17. The second kappa shape index (κ2) is 6.06. The van der Waals surface area contributed by atoms with E-state index in [9.17, 15) is 9.90 Å². The second-order valence-electron chi connectivity index (χ2n) is 4.92. The van der Waals surface area contributed by atoms with Crippen molar-refractivity contribution in [3.05, 3.63) is 0 Å². The molecule has 1 saturated carbocycles. The Hall–Kier alpha value is -1.19. The van der Waals surface area contributed by atoms with Crippen LogP contribution in [0, 0.1) is 0 Å². The lowest BCUT2D eigenvalue weighted by molar-refractivity contribution is -0.138. The molecule has 2 heterocycles. The SMILES string of the molecule is O=C(CSc1nnnn1C1CC1)N1CCOCC1CO. The van der Waals surface area contributed by atoms with Crippen molar-refractivity contribution in [1.29, 1.82) is 0 Å². The number of nitrogens with zero attached hydrogens (tertiary/aromatic N) is 5. The summed E-state index contributed by atoms with van der Waals surface area (Å²) >= 11 is 1.35. The van der Waals surface area contributed by atoms with Gasteiger partial charge >= 0.3 is 0 Å². The van der Waals surface area contributed by atoms with Crippen LogP contribution in [0.5, 0.6) is 0 Å². The van der Waals surface area contributed by atoms with Crippen LogP contribution in [0.2, 0.25) is 0 Å². The molecular weight excluding hydrogens is 282 g/mol. The van der Waals surface area contributed by atoms with E-state index in [4.69, 9.17) is 4.74 Å². The minimum absolute atomic E-state index is 0.0114. The van der Waals surface area contributed by atoms with Gasteiger partial charge in [0.1, 0.15) is 0 Å². The van der Waals surface area contributed by atoms with E-state index in [0.717, 1.165) is 12.8 Å². The lowest BCUT2D eigenvalue weighted by Crippen LogP contribution is -2.51. The van der Waals surface area contributed by atoms with Crippen LogP contribution >= 0.6 is 11.8 Å². The van der Waals surface area contributed by atoms with Gasteiger partial charge in [0.05, 0.1) is 37.7 Å². The second-order valence-corrected chi connectivity index (χ2v) is 5.87. The summed E-state index contributed by atoms with van der Waals surface area (Å²) in [6.45, 7) is 1.37. The first kappa shape index (κ1) is 13.8. The molecule has 1 saturated heterocycles. The lowest BCUT2D eigenvalue weighted by Gasteiger charge is -2.34. The first-order valence-corrected chi connectivity index (χ1v) is 7.67. The Balaban J connectivity index is 1.56. The highest BCUT2D eigenvalue weighted by Crippen LogP contribution is 2.36. The number of morpholine rings is 1. The van der Waals surface area contributed by atoms with Crippen molar-refractivity contribution in [3.63, 3.8) is 0 Å². The van der Waals surface area contributed by atoms with Gasteiger partial charge in [0, 0.05) is 6.54 Å². The Morgan fingerprint density at radius 3 is 3.10 bits per heavy atom. The van der Waals surface area contributed by atoms with Gasteiger partial charge in [-0.1, -0.05) is 11.8 Å². The summed E-state index contributed by atoms with van der Waals surface area (Å²) in [5, 5.41) is 21.5. The molecule has 9 heteroatoms. The lowest BCUT2D eigenvalue weighted by atomic mass is 10.2. The van der Waals surface area contributed by atoms with Gasteiger partial charge in [-0.25, -0.2) is 4.68 Å². The van der Waals surface area contributed by atoms with Gasteiger partial charge in [-0.2, -0.15) is 0 Å². The van der Waals surface area contributed by atoms with Crippen LogP contribution in [0.1, 0.15) is 18.9 Å². The molecule has 1 aliphatic heterocycles. The van der Waals surface area contributed by atoms with Crippen LogP contribution in [0.4, 0.5) is 0 Å². The number of aromatic nitrogens is 4. The molecule has 0 radical (unpaired) electrons. The van der Waals surface area contributed by atoms with Crippen molar-refractivity contribution in [1.82, 2.24) is 25.1 Å². The zero-order chi connectivity index (χ0) is 13.9. The maximum atomic E-state index is 12.2. The van der Waals surface area contributed by atoms with E-state index in [2.05, 4.69) is 15.5 Å². The number of tetrazole rings is 1. The average molecular weight is 299 g/mol. The molecule has 1 unspecified atom stereocenters. The smallest absolute Gasteiger partial charge is 0.233 e. The van der Waals surface area contributed by atoms with Crippen molar-refractivity contribution in [2.45, 2.75) is 30.1 Å². The number of hydrogen-bond donors (Lipinski definition) is 1. The van der Waals surface area contributed by atoms with Gasteiger partial charge < -0.3 is 14.7 Å². The molecule has 2 fully saturated rings. The minimum Gasteiger partial charge on any atom is -0.394 e. The highest BCUT2D eigenvalue weighted by Gasteiger charge is 2.30. The number of thioether (sulfide) groups is 1. The van der Waals surface area contributed by atoms with Crippen molar-refractivity contribution in [3.8, 4) is 0 Å². The molecule has 0 aromatic carbocycles. The number of hydrogen-bond acceptors (Lipinski definition) is 7. The Morgan fingerprint density at radius 2 is 2.35 bits per heavy atom. The van der Waals surface area contributed by atoms with Crippen LogP contribution in [-0.2, 0) is 9.53 Å². The summed E-state index contributed by atoms with van der Waals surface area (Å²) in [6.07, 6.45) is 2.20. The van der Waals surface area contributed by atoms with Crippen LogP contribution in [-0.4, -0.2) is 74.3 Å². The fraction of sp³-hybridized carbons (Fsp3) is 0.818. The van der Waals surface area contributed by atoms with Crippen molar-refractivity contribution in [2.24, 2.45) is 0 Å². The standard InChI is InChI=1S/C11H17N5O3S/c17-5-9-6-19-4-3-15(9)10(18)7-20-11-12-13-14-16(11)8-1-2-8/h8-9,17H,1-7H2. The number of amides is 1. The zero-order valence-corrected chi connectivity index (χ0v) is 11.8. The number of rotatable bonds is 5. The third-order valence-electron chi connectivity index (χ3n) is 3.44. The van der Waals surface area contributed by atoms with Crippen LogP contribution < -0.4 is 0 Å². The molecule has 20 heavy (non-hydrogen) atoms. The monoisotopic (exact) mass is 299 g/mol. The highest BCUT2D eigenvalue weighted by atomic mass is 32.2. The summed E-state index contributed by atoms with van der Waals surface area (Å²) in [7, 11) is 0. The predicted octanol–water partition coefficient (Wildman–Crippen LogP) is -0.680. The molecule has 8 nitrogen and oxygen atoms in total. The van der Waals surface area contributed by atoms with Gasteiger partial charge in [-0.3, -0.25) is 4.79 Å². The Bertz CT molecular complexity index is 478. The molecule has 0 spiro atoms. The molecule has 1 amide bonds. The van der Waals surface area contributed by atoms with Gasteiger partial charge in [0.25, 0.3) is 0 Å². The number of carbonyl (C=O) groups is 1. The third-order valence-corrected chi connectivity index (χ3v) is 4.36. The van der Waals surface area contributed by atoms with E-state index < -0.39 is 0 Å². The zero-order valence-electron chi connectivity index (χ0n) is 11.0. The summed E-state index contributed by atoms with van der Waals surface area (Å²) in [5.41, 5.74) is 0. The normalized spacial score (nSPS) is 23.1. The average Bonchev–Trinajstić information content (AvgIpc) is 3.23. The van der Waals surface area contributed by atoms with Crippen molar-refractivity contribution in [2.75, 3.05) is 32.1 Å². The first-order valence-electron chi connectivity index (χ1n) is 6.68. The van der Waals surface area contributed by atoms with Crippen molar-refractivity contribution < 1.29 is 14.6 Å². The molecule has 1 N–H and O–H groups in total. The molecule has 3 rings (SSSR count). The van der Waals surface area contributed by atoms with Gasteiger partial charge in [-0.15, -0.1) is 5.10 Å². The Labute approximate surface area is 120 Å².